The number of nitrogens with zero attached hydrogens (tertiary/aromatic N) is 3. The number of rotatable bonds is 4. The molecule has 3 heterocycles. The van der Waals surface area contributed by atoms with Crippen LogP contribution in [0.25, 0.3) is 0 Å². The number of pyridine rings is 1. The summed E-state index contributed by atoms with van der Waals surface area (Å²) in [6.07, 6.45) is 4.01. The van der Waals surface area contributed by atoms with E-state index in [-0.39, 0.29) is 11.8 Å². The molecule has 0 saturated carbocycles. The third-order valence-corrected chi connectivity index (χ3v) is 6.75. The molecule has 0 spiro atoms. The lowest BCUT2D eigenvalue weighted by atomic mass is 10.1. The lowest BCUT2D eigenvalue weighted by Gasteiger charge is -2.24. The van der Waals surface area contributed by atoms with Crippen LogP contribution in [0.1, 0.15) is 34.3 Å². The highest BCUT2D eigenvalue weighted by Gasteiger charge is 2.35. The van der Waals surface area contributed by atoms with Gasteiger partial charge in [-0.1, -0.05) is 12.1 Å². The lowest BCUT2D eigenvalue weighted by Crippen LogP contribution is -2.44. The second kappa shape index (κ2) is 8.45. The molecule has 1 N–H and O–H groups in total. The second-order valence-corrected chi connectivity index (χ2v) is 8.63. The van der Waals surface area contributed by atoms with Crippen LogP contribution in [-0.2, 0) is 4.79 Å². The third kappa shape index (κ3) is 4.10. The zero-order valence-electron chi connectivity index (χ0n) is 16.9. The number of hydrogen-bond acceptors (Lipinski definition) is 5. The molecule has 2 amide bonds. The van der Waals surface area contributed by atoms with Gasteiger partial charge in [0.2, 0.25) is 5.91 Å². The van der Waals surface area contributed by atoms with Gasteiger partial charge < -0.3 is 15.1 Å². The molecule has 2 aromatic rings. The molecule has 2 aliphatic heterocycles. The normalized spacial score (nSPS) is 18.9. The topological polar surface area (TPSA) is 65.5 Å². The molecule has 2 fully saturated rings. The summed E-state index contributed by atoms with van der Waals surface area (Å²) < 4.78 is 0. The summed E-state index contributed by atoms with van der Waals surface area (Å²) in [4.78, 5) is 34.3. The van der Waals surface area contributed by atoms with E-state index in [1.807, 2.05) is 44.2 Å². The van der Waals surface area contributed by atoms with Gasteiger partial charge in [-0.2, -0.15) is 0 Å². The van der Waals surface area contributed by atoms with E-state index in [2.05, 4.69) is 15.2 Å². The van der Waals surface area contributed by atoms with Crippen molar-refractivity contribution in [3.63, 3.8) is 0 Å². The van der Waals surface area contributed by atoms with Crippen LogP contribution in [-0.4, -0.2) is 52.5 Å². The van der Waals surface area contributed by atoms with Crippen molar-refractivity contribution in [3.8, 4) is 0 Å². The highest BCUT2D eigenvalue weighted by atomic mass is 32.2. The Morgan fingerprint density at radius 3 is 2.66 bits per heavy atom. The maximum absolute atomic E-state index is 13.0. The van der Waals surface area contributed by atoms with Crippen LogP contribution in [0.15, 0.2) is 36.5 Å². The number of amides is 2. The number of nitrogens with one attached hydrogen (secondary N) is 1. The van der Waals surface area contributed by atoms with Gasteiger partial charge in [0.15, 0.2) is 0 Å². The quantitative estimate of drug-likeness (QED) is 0.836. The van der Waals surface area contributed by atoms with Crippen LogP contribution in [0.2, 0.25) is 0 Å². The molecule has 2 saturated heterocycles. The van der Waals surface area contributed by atoms with Crippen LogP contribution >= 0.6 is 11.8 Å². The fraction of sp³-hybridized carbons (Fsp3) is 0.409. The van der Waals surface area contributed by atoms with E-state index in [1.165, 1.54) is 12.8 Å². The molecule has 7 heteroatoms. The zero-order valence-corrected chi connectivity index (χ0v) is 17.7. The Morgan fingerprint density at radius 1 is 1.14 bits per heavy atom. The SMILES string of the molecule is Cc1cccc(NC(=O)C2CSCN2C(=O)c2ccc(N3CCCC3)nc2)c1C. The van der Waals surface area contributed by atoms with E-state index in [0.717, 1.165) is 35.7 Å². The van der Waals surface area contributed by atoms with Crippen molar-refractivity contribution >= 4 is 35.1 Å². The zero-order chi connectivity index (χ0) is 20.4. The Labute approximate surface area is 175 Å². The minimum absolute atomic E-state index is 0.140. The fourth-order valence-electron chi connectivity index (χ4n) is 3.77. The van der Waals surface area contributed by atoms with Crippen molar-refractivity contribution in [2.75, 3.05) is 34.9 Å². The predicted octanol–water partition coefficient (Wildman–Crippen LogP) is 3.45. The van der Waals surface area contributed by atoms with E-state index in [9.17, 15) is 9.59 Å². The van der Waals surface area contributed by atoms with Crippen LogP contribution in [0, 0.1) is 13.8 Å². The summed E-state index contributed by atoms with van der Waals surface area (Å²) in [6, 6.07) is 9.10. The van der Waals surface area contributed by atoms with Crippen molar-refractivity contribution in [1.82, 2.24) is 9.88 Å². The first-order valence-corrected chi connectivity index (χ1v) is 11.2. The van der Waals surface area contributed by atoms with Gasteiger partial charge in [0.25, 0.3) is 5.91 Å². The standard InChI is InChI=1S/C22H26N4O2S/c1-15-6-5-7-18(16(15)2)24-21(27)19-13-29-14-26(19)22(28)17-8-9-20(23-12-17)25-10-3-4-11-25/h5-9,12,19H,3-4,10-11,13-14H2,1-2H3,(H,24,27). The lowest BCUT2D eigenvalue weighted by molar-refractivity contribution is -0.119. The highest BCUT2D eigenvalue weighted by molar-refractivity contribution is 7.99. The smallest absolute Gasteiger partial charge is 0.256 e. The number of hydrogen-bond donors (Lipinski definition) is 1. The molecule has 1 aromatic carbocycles. The first-order chi connectivity index (χ1) is 14.0. The van der Waals surface area contributed by atoms with Crippen molar-refractivity contribution in [1.29, 1.82) is 0 Å². The summed E-state index contributed by atoms with van der Waals surface area (Å²) in [6.45, 7) is 6.04. The van der Waals surface area contributed by atoms with Crippen molar-refractivity contribution in [2.24, 2.45) is 0 Å². The van der Waals surface area contributed by atoms with Crippen molar-refractivity contribution in [3.05, 3.63) is 53.2 Å². The largest absolute Gasteiger partial charge is 0.357 e. The Balaban J connectivity index is 1.46. The second-order valence-electron chi connectivity index (χ2n) is 7.63. The molecular formula is C22H26N4O2S. The maximum atomic E-state index is 13.0. The average Bonchev–Trinajstić information content (AvgIpc) is 3.43. The minimum Gasteiger partial charge on any atom is -0.357 e. The first-order valence-electron chi connectivity index (χ1n) is 10.0. The third-order valence-electron chi connectivity index (χ3n) is 5.73. The molecule has 2 aliphatic rings. The van der Waals surface area contributed by atoms with E-state index in [0.29, 0.717) is 17.2 Å². The maximum Gasteiger partial charge on any atom is 0.256 e. The number of thioether (sulfide) groups is 1. The fourth-order valence-corrected chi connectivity index (χ4v) is 4.93. The van der Waals surface area contributed by atoms with Crippen LogP contribution < -0.4 is 10.2 Å². The van der Waals surface area contributed by atoms with Gasteiger partial charge in [0.1, 0.15) is 11.9 Å². The van der Waals surface area contributed by atoms with Gasteiger partial charge in [-0.15, -0.1) is 11.8 Å². The molecular weight excluding hydrogens is 384 g/mol. The number of carbonyl (C=O) groups is 2. The monoisotopic (exact) mass is 410 g/mol. The molecule has 4 rings (SSSR count). The summed E-state index contributed by atoms with van der Waals surface area (Å²) in [7, 11) is 0. The molecule has 1 aromatic heterocycles. The summed E-state index contributed by atoms with van der Waals surface area (Å²) in [5.41, 5.74) is 3.50. The Hall–Kier alpha value is -2.54. The molecule has 0 aliphatic carbocycles. The van der Waals surface area contributed by atoms with Crippen LogP contribution in [0.3, 0.4) is 0 Å². The van der Waals surface area contributed by atoms with Gasteiger partial charge in [-0.3, -0.25) is 9.59 Å². The molecule has 0 radical (unpaired) electrons. The summed E-state index contributed by atoms with van der Waals surface area (Å²) in [5.74, 6) is 1.74. The molecule has 6 nitrogen and oxygen atoms in total. The molecule has 0 bridgehead atoms. The number of aromatic nitrogens is 1. The molecule has 29 heavy (non-hydrogen) atoms. The molecule has 1 atom stereocenters. The van der Waals surface area contributed by atoms with Gasteiger partial charge in [0, 0.05) is 30.7 Å². The van der Waals surface area contributed by atoms with Gasteiger partial charge >= 0.3 is 0 Å². The Morgan fingerprint density at radius 2 is 1.93 bits per heavy atom. The van der Waals surface area contributed by atoms with Gasteiger partial charge in [-0.25, -0.2) is 4.98 Å². The molecule has 1 unspecified atom stereocenters. The van der Waals surface area contributed by atoms with E-state index in [1.54, 1.807) is 22.9 Å². The van der Waals surface area contributed by atoms with E-state index in [4.69, 9.17) is 0 Å². The van der Waals surface area contributed by atoms with E-state index >= 15 is 0 Å². The number of carbonyl (C=O) groups excluding carboxylic acids is 2. The average molecular weight is 411 g/mol. The first kappa shape index (κ1) is 19.8. The van der Waals surface area contributed by atoms with E-state index < -0.39 is 6.04 Å². The summed E-state index contributed by atoms with van der Waals surface area (Å²) >= 11 is 1.60. The Bertz CT molecular complexity index is 910. The van der Waals surface area contributed by atoms with Gasteiger partial charge in [0.05, 0.1) is 11.4 Å². The van der Waals surface area contributed by atoms with Gasteiger partial charge in [-0.05, 0) is 56.0 Å². The van der Waals surface area contributed by atoms with Crippen molar-refractivity contribution in [2.45, 2.75) is 32.7 Å². The van der Waals surface area contributed by atoms with Crippen LogP contribution in [0.4, 0.5) is 11.5 Å². The Kier molecular flexibility index (Phi) is 5.76. The van der Waals surface area contributed by atoms with Crippen LogP contribution in [0.5, 0.6) is 0 Å². The molecule has 152 valence electrons. The predicted molar refractivity (Wildman–Crippen MR) is 118 cm³/mol. The number of benzene rings is 1. The minimum atomic E-state index is -0.481. The summed E-state index contributed by atoms with van der Waals surface area (Å²) in [5, 5.41) is 3.01. The number of anilines is 2. The van der Waals surface area contributed by atoms with Crippen molar-refractivity contribution < 1.29 is 9.59 Å². The highest BCUT2D eigenvalue weighted by Crippen LogP contribution is 2.26. The number of aryl methyl sites for hydroxylation is 1.